The number of aromatic nitrogens is 3. The molecule has 7 nitrogen and oxygen atoms in total. The maximum atomic E-state index is 12.9. The van der Waals surface area contributed by atoms with Crippen LogP contribution in [-0.2, 0) is 0 Å². The Labute approximate surface area is 157 Å². The van der Waals surface area contributed by atoms with Crippen molar-refractivity contribution in [2.24, 2.45) is 0 Å². The summed E-state index contributed by atoms with van der Waals surface area (Å²) in [6.07, 6.45) is 7.26. The molecule has 0 spiro atoms. The monoisotopic (exact) mass is 363 g/mol. The third-order valence-electron chi connectivity index (χ3n) is 4.69. The van der Waals surface area contributed by atoms with E-state index in [2.05, 4.69) is 20.4 Å². The molecule has 1 saturated heterocycles. The van der Waals surface area contributed by atoms with Crippen LogP contribution in [0.25, 0.3) is 11.4 Å². The Bertz CT molecular complexity index is 882. The third kappa shape index (κ3) is 3.97. The number of benzene rings is 1. The Morgan fingerprint density at radius 2 is 2.00 bits per heavy atom. The molecule has 2 amide bonds. The minimum atomic E-state index is -0.228. The lowest BCUT2D eigenvalue weighted by atomic mass is 10.1. The molecule has 4 rings (SSSR count). The highest BCUT2D eigenvalue weighted by Crippen LogP contribution is 2.31. The number of nitrogens with zero attached hydrogens (tertiary/aromatic N) is 4. The van der Waals surface area contributed by atoms with Crippen LogP contribution in [0.5, 0.6) is 0 Å². The lowest BCUT2D eigenvalue weighted by Crippen LogP contribution is -2.38. The molecule has 0 aliphatic carbocycles. The molecular weight excluding hydrogens is 342 g/mol. The first kappa shape index (κ1) is 17.2. The first-order valence-electron chi connectivity index (χ1n) is 9.18. The van der Waals surface area contributed by atoms with Crippen molar-refractivity contribution in [3.63, 3.8) is 0 Å². The summed E-state index contributed by atoms with van der Waals surface area (Å²) in [5.74, 6) is 0.963. The molecule has 1 aromatic carbocycles. The molecular formula is C20H21N5O2. The molecule has 0 radical (unpaired) electrons. The van der Waals surface area contributed by atoms with Crippen molar-refractivity contribution >= 4 is 11.7 Å². The van der Waals surface area contributed by atoms with Crippen molar-refractivity contribution in [2.45, 2.75) is 31.7 Å². The second-order valence-corrected chi connectivity index (χ2v) is 6.55. The predicted molar refractivity (Wildman–Crippen MR) is 101 cm³/mol. The fourth-order valence-corrected chi connectivity index (χ4v) is 3.31. The Morgan fingerprint density at radius 3 is 2.81 bits per heavy atom. The quantitative estimate of drug-likeness (QED) is 0.751. The van der Waals surface area contributed by atoms with Gasteiger partial charge in [0.1, 0.15) is 6.04 Å². The van der Waals surface area contributed by atoms with Gasteiger partial charge in [0, 0.05) is 30.2 Å². The van der Waals surface area contributed by atoms with Crippen LogP contribution in [0.4, 0.5) is 10.5 Å². The van der Waals surface area contributed by atoms with Crippen molar-refractivity contribution < 1.29 is 9.32 Å². The van der Waals surface area contributed by atoms with Crippen LogP contribution in [0, 0.1) is 0 Å². The number of hydrogen-bond donors (Lipinski definition) is 1. The van der Waals surface area contributed by atoms with Crippen molar-refractivity contribution in [1.82, 2.24) is 20.0 Å². The molecule has 1 fully saturated rings. The van der Waals surface area contributed by atoms with Gasteiger partial charge in [-0.15, -0.1) is 0 Å². The van der Waals surface area contributed by atoms with E-state index in [9.17, 15) is 4.79 Å². The highest BCUT2D eigenvalue weighted by Gasteiger charge is 2.31. The van der Waals surface area contributed by atoms with Crippen LogP contribution in [0.2, 0.25) is 0 Å². The fourth-order valence-electron chi connectivity index (χ4n) is 3.31. The maximum Gasteiger partial charge on any atom is 0.322 e. The zero-order valence-electron chi connectivity index (χ0n) is 14.9. The SMILES string of the molecule is O=C(Nc1ccccc1)N1CCCCCC1c1nc(-c2cccnc2)no1. The number of amides is 2. The number of carbonyl (C=O) groups is 1. The highest BCUT2D eigenvalue weighted by atomic mass is 16.5. The molecule has 27 heavy (non-hydrogen) atoms. The second kappa shape index (κ2) is 7.99. The zero-order chi connectivity index (χ0) is 18.5. The molecule has 3 heterocycles. The summed E-state index contributed by atoms with van der Waals surface area (Å²) in [4.78, 5) is 23.3. The number of pyridine rings is 1. The topological polar surface area (TPSA) is 84.2 Å². The average molecular weight is 363 g/mol. The number of anilines is 1. The van der Waals surface area contributed by atoms with E-state index >= 15 is 0 Å². The van der Waals surface area contributed by atoms with Gasteiger partial charge in [0.05, 0.1) is 0 Å². The molecule has 7 heteroatoms. The average Bonchev–Trinajstić information content (AvgIpc) is 3.07. The molecule has 1 N–H and O–H groups in total. The van der Waals surface area contributed by atoms with E-state index in [0.29, 0.717) is 18.3 Å². The fraction of sp³-hybridized carbons (Fsp3) is 0.300. The second-order valence-electron chi connectivity index (χ2n) is 6.55. The van der Waals surface area contributed by atoms with E-state index < -0.39 is 0 Å². The largest absolute Gasteiger partial charge is 0.337 e. The number of likely N-dealkylation sites (tertiary alicyclic amines) is 1. The van der Waals surface area contributed by atoms with E-state index in [4.69, 9.17) is 4.52 Å². The number of carbonyl (C=O) groups excluding carboxylic acids is 1. The number of rotatable bonds is 3. The van der Waals surface area contributed by atoms with Crippen LogP contribution < -0.4 is 5.32 Å². The van der Waals surface area contributed by atoms with Gasteiger partial charge in [0.25, 0.3) is 0 Å². The third-order valence-corrected chi connectivity index (χ3v) is 4.69. The number of para-hydroxylation sites is 1. The molecule has 0 saturated carbocycles. The molecule has 1 unspecified atom stereocenters. The van der Waals surface area contributed by atoms with Crippen molar-refractivity contribution in [1.29, 1.82) is 0 Å². The summed E-state index contributed by atoms with van der Waals surface area (Å²) in [6.45, 7) is 0.661. The lowest BCUT2D eigenvalue weighted by Gasteiger charge is -2.27. The van der Waals surface area contributed by atoms with E-state index in [-0.39, 0.29) is 12.1 Å². The molecule has 2 aromatic heterocycles. The summed E-state index contributed by atoms with van der Waals surface area (Å²) in [6, 6.07) is 12.8. The maximum absolute atomic E-state index is 12.9. The van der Waals surface area contributed by atoms with Gasteiger partial charge >= 0.3 is 6.03 Å². The highest BCUT2D eigenvalue weighted by molar-refractivity contribution is 5.89. The Balaban J connectivity index is 1.57. The van der Waals surface area contributed by atoms with E-state index in [1.165, 1.54) is 0 Å². The van der Waals surface area contributed by atoms with Gasteiger partial charge in [-0.1, -0.05) is 36.2 Å². The van der Waals surface area contributed by atoms with Gasteiger partial charge in [-0.2, -0.15) is 4.98 Å². The smallest absolute Gasteiger partial charge is 0.322 e. The lowest BCUT2D eigenvalue weighted by molar-refractivity contribution is 0.171. The Kier molecular flexibility index (Phi) is 5.09. The summed E-state index contributed by atoms with van der Waals surface area (Å²) in [5, 5.41) is 7.05. The van der Waals surface area contributed by atoms with Gasteiger partial charge < -0.3 is 14.7 Å². The van der Waals surface area contributed by atoms with Gasteiger partial charge in [-0.3, -0.25) is 4.98 Å². The van der Waals surface area contributed by atoms with Crippen molar-refractivity contribution in [3.05, 3.63) is 60.7 Å². The van der Waals surface area contributed by atoms with Crippen LogP contribution in [0.15, 0.2) is 59.4 Å². The molecule has 1 aliphatic rings. The summed E-state index contributed by atoms with van der Waals surface area (Å²) >= 11 is 0. The van der Waals surface area contributed by atoms with Gasteiger partial charge in [-0.25, -0.2) is 4.79 Å². The van der Waals surface area contributed by atoms with Crippen LogP contribution in [0.1, 0.15) is 37.6 Å². The van der Waals surface area contributed by atoms with E-state index in [1.807, 2.05) is 42.5 Å². The number of nitrogens with one attached hydrogen (secondary N) is 1. The van der Waals surface area contributed by atoms with Crippen LogP contribution >= 0.6 is 0 Å². The van der Waals surface area contributed by atoms with Gasteiger partial charge in [0.15, 0.2) is 0 Å². The molecule has 3 aromatic rings. The van der Waals surface area contributed by atoms with E-state index in [0.717, 1.165) is 36.9 Å². The molecule has 1 aliphatic heterocycles. The zero-order valence-corrected chi connectivity index (χ0v) is 14.9. The Hall–Kier alpha value is -3.22. The van der Waals surface area contributed by atoms with E-state index in [1.54, 1.807) is 17.3 Å². The van der Waals surface area contributed by atoms with Gasteiger partial charge in [-0.05, 0) is 37.1 Å². The molecule has 138 valence electrons. The standard InChI is InChI=1S/C20H21N5O2/c26-20(22-16-9-3-1-4-10-16)25-13-6-2-5-11-17(25)19-23-18(24-27-19)15-8-7-12-21-14-15/h1,3-4,7-10,12,14,17H,2,5-6,11,13H2,(H,22,26). The summed E-state index contributed by atoms with van der Waals surface area (Å²) in [7, 11) is 0. The minimum Gasteiger partial charge on any atom is -0.337 e. The first-order chi connectivity index (χ1) is 13.3. The van der Waals surface area contributed by atoms with Crippen molar-refractivity contribution in [3.8, 4) is 11.4 Å². The Morgan fingerprint density at radius 1 is 1.11 bits per heavy atom. The number of hydrogen-bond acceptors (Lipinski definition) is 5. The number of urea groups is 1. The van der Waals surface area contributed by atoms with Crippen molar-refractivity contribution in [2.75, 3.05) is 11.9 Å². The first-order valence-corrected chi connectivity index (χ1v) is 9.18. The summed E-state index contributed by atoms with van der Waals surface area (Å²) < 4.78 is 5.53. The van der Waals surface area contributed by atoms with Crippen LogP contribution in [-0.4, -0.2) is 32.6 Å². The normalized spacial score (nSPS) is 17.3. The molecule has 0 bridgehead atoms. The minimum absolute atomic E-state index is 0.144. The van der Waals surface area contributed by atoms with Crippen LogP contribution in [0.3, 0.4) is 0 Å². The molecule has 1 atom stereocenters. The van der Waals surface area contributed by atoms with Gasteiger partial charge in [0.2, 0.25) is 11.7 Å². The summed E-state index contributed by atoms with van der Waals surface area (Å²) in [5.41, 5.74) is 1.56. The predicted octanol–water partition coefficient (Wildman–Crippen LogP) is 4.28.